The summed E-state index contributed by atoms with van der Waals surface area (Å²) in [5.41, 5.74) is 1.31. The van der Waals surface area contributed by atoms with Crippen molar-refractivity contribution in [3.8, 4) is 0 Å². The van der Waals surface area contributed by atoms with Crippen molar-refractivity contribution < 1.29 is 4.42 Å². The molecular formula is C16H29N3O. The fraction of sp³-hybridized carbons (Fsp3) is 0.750. The van der Waals surface area contributed by atoms with Crippen molar-refractivity contribution in [1.82, 2.24) is 15.1 Å². The Bertz CT molecular complexity index is 391. The van der Waals surface area contributed by atoms with Gasteiger partial charge in [0, 0.05) is 24.7 Å². The van der Waals surface area contributed by atoms with Gasteiger partial charge in [0.25, 0.3) is 0 Å². The molecule has 1 unspecified atom stereocenters. The maximum atomic E-state index is 5.58. The minimum atomic E-state index is 0.731. The molecule has 0 radical (unpaired) electrons. The molecule has 1 N–H and O–H groups in total. The van der Waals surface area contributed by atoms with E-state index in [4.69, 9.17) is 4.42 Å². The second-order valence-corrected chi connectivity index (χ2v) is 5.77. The zero-order chi connectivity index (χ0) is 14.4. The van der Waals surface area contributed by atoms with E-state index in [9.17, 15) is 0 Å². The van der Waals surface area contributed by atoms with Crippen molar-refractivity contribution >= 4 is 0 Å². The lowest BCUT2D eigenvalue weighted by Crippen LogP contribution is -2.38. The summed E-state index contributed by atoms with van der Waals surface area (Å²) in [4.78, 5) is 5.03. The lowest BCUT2D eigenvalue weighted by molar-refractivity contribution is 0.194. The van der Waals surface area contributed by atoms with Crippen LogP contribution in [0.25, 0.3) is 0 Å². The summed E-state index contributed by atoms with van der Waals surface area (Å²) < 4.78 is 5.58. The Kier molecular flexibility index (Phi) is 6.07. The van der Waals surface area contributed by atoms with Gasteiger partial charge >= 0.3 is 0 Å². The molecule has 114 valence electrons. The van der Waals surface area contributed by atoms with Crippen LogP contribution < -0.4 is 5.32 Å². The van der Waals surface area contributed by atoms with Crippen LogP contribution in [0.3, 0.4) is 0 Å². The summed E-state index contributed by atoms with van der Waals surface area (Å²) in [5.74, 6) is 1.08. The molecule has 0 saturated carbocycles. The fourth-order valence-corrected chi connectivity index (χ4v) is 3.13. The topological polar surface area (TPSA) is 31.7 Å². The first-order chi connectivity index (χ1) is 9.74. The summed E-state index contributed by atoms with van der Waals surface area (Å²) >= 11 is 0. The molecule has 1 aromatic heterocycles. The number of furan rings is 1. The van der Waals surface area contributed by atoms with Crippen LogP contribution in [-0.4, -0.2) is 49.1 Å². The zero-order valence-corrected chi connectivity index (χ0v) is 13.2. The number of hydrogen-bond donors (Lipinski definition) is 1. The average molecular weight is 279 g/mol. The minimum absolute atomic E-state index is 0.731. The van der Waals surface area contributed by atoms with E-state index < -0.39 is 0 Å². The Morgan fingerprint density at radius 1 is 1.45 bits per heavy atom. The maximum absolute atomic E-state index is 5.58. The Morgan fingerprint density at radius 3 is 3.05 bits per heavy atom. The molecular weight excluding hydrogens is 250 g/mol. The van der Waals surface area contributed by atoms with Crippen LogP contribution in [-0.2, 0) is 13.1 Å². The highest BCUT2D eigenvalue weighted by Gasteiger charge is 2.24. The predicted molar refractivity (Wildman–Crippen MR) is 82.7 cm³/mol. The van der Waals surface area contributed by atoms with Crippen molar-refractivity contribution in [1.29, 1.82) is 0 Å². The second kappa shape index (κ2) is 7.81. The molecule has 2 rings (SSSR count). The summed E-state index contributed by atoms with van der Waals surface area (Å²) in [6.45, 7) is 10.8. The molecule has 0 aromatic carbocycles. The second-order valence-electron chi connectivity index (χ2n) is 5.77. The van der Waals surface area contributed by atoms with Gasteiger partial charge in [-0.25, -0.2) is 0 Å². The first-order valence-electron chi connectivity index (χ1n) is 7.93. The third-order valence-electron chi connectivity index (χ3n) is 4.24. The van der Waals surface area contributed by atoms with Crippen LogP contribution in [0.2, 0.25) is 0 Å². The molecule has 1 aliphatic rings. The number of rotatable bonds is 8. The van der Waals surface area contributed by atoms with E-state index >= 15 is 0 Å². The predicted octanol–water partition coefficient (Wildman–Crippen LogP) is 2.31. The van der Waals surface area contributed by atoms with E-state index in [1.54, 1.807) is 0 Å². The van der Waals surface area contributed by atoms with E-state index in [1.807, 2.05) is 6.26 Å². The molecule has 0 bridgehead atoms. The summed E-state index contributed by atoms with van der Waals surface area (Å²) in [6.07, 6.45) is 4.50. The molecule has 0 amide bonds. The Labute approximate surface area is 123 Å². The Hall–Kier alpha value is -0.840. The fourth-order valence-electron chi connectivity index (χ4n) is 3.13. The zero-order valence-electron chi connectivity index (χ0n) is 13.2. The number of hydrogen-bond acceptors (Lipinski definition) is 4. The van der Waals surface area contributed by atoms with Gasteiger partial charge < -0.3 is 14.6 Å². The highest BCUT2D eigenvalue weighted by atomic mass is 16.3. The molecule has 1 aromatic rings. The molecule has 1 atom stereocenters. The summed E-state index contributed by atoms with van der Waals surface area (Å²) in [5, 5.41) is 3.33. The molecule has 20 heavy (non-hydrogen) atoms. The quantitative estimate of drug-likeness (QED) is 0.791. The van der Waals surface area contributed by atoms with Crippen LogP contribution in [0.5, 0.6) is 0 Å². The normalized spacial score (nSPS) is 20.1. The van der Waals surface area contributed by atoms with Gasteiger partial charge in [-0.2, -0.15) is 0 Å². The molecule has 2 heterocycles. The van der Waals surface area contributed by atoms with Crippen molar-refractivity contribution in [2.75, 3.05) is 33.2 Å². The molecule has 1 aliphatic heterocycles. The van der Waals surface area contributed by atoms with Gasteiger partial charge in [0.15, 0.2) is 0 Å². The van der Waals surface area contributed by atoms with Crippen LogP contribution in [0, 0.1) is 0 Å². The van der Waals surface area contributed by atoms with E-state index in [0.29, 0.717) is 0 Å². The lowest BCUT2D eigenvalue weighted by Gasteiger charge is -2.27. The molecule has 1 saturated heterocycles. The number of likely N-dealkylation sites (N-methyl/N-ethyl adjacent to an activating group) is 2. The molecule has 4 nitrogen and oxygen atoms in total. The van der Waals surface area contributed by atoms with Crippen LogP contribution in [0.4, 0.5) is 0 Å². The summed E-state index contributed by atoms with van der Waals surface area (Å²) in [6, 6.07) is 2.84. The first kappa shape index (κ1) is 15.5. The van der Waals surface area contributed by atoms with Gasteiger partial charge in [0.2, 0.25) is 0 Å². The van der Waals surface area contributed by atoms with Gasteiger partial charge in [-0.05, 0) is 45.6 Å². The molecule has 0 spiro atoms. The monoisotopic (exact) mass is 279 g/mol. The maximum Gasteiger partial charge on any atom is 0.122 e. The molecule has 1 fully saturated rings. The minimum Gasteiger partial charge on any atom is -0.468 e. The third kappa shape index (κ3) is 4.08. The highest BCUT2D eigenvalue weighted by molar-refractivity contribution is 5.16. The van der Waals surface area contributed by atoms with Crippen molar-refractivity contribution in [3.05, 3.63) is 23.7 Å². The third-order valence-corrected chi connectivity index (χ3v) is 4.24. The molecule has 0 aliphatic carbocycles. The number of likely N-dealkylation sites (tertiary alicyclic amines) is 1. The SMILES string of the molecule is CCNCc1occc1CN(C)CC1CCCN1CC. The van der Waals surface area contributed by atoms with Gasteiger partial charge in [-0.3, -0.25) is 4.90 Å². The highest BCUT2D eigenvalue weighted by Crippen LogP contribution is 2.19. The van der Waals surface area contributed by atoms with Crippen LogP contribution in [0.1, 0.15) is 38.0 Å². The van der Waals surface area contributed by atoms with E-state index in [1.165, 1.54) is 31.5 Å². The van der Waals surface area contributed by atoms with E-state index in [0.717, 1.165) is 38.0 Å². The van der Waals surface area contributed by atoms with Gasteiger partial charge in [-0.15, -0.1) is 0 Å². The van der Waals surface area contributed by atoms with Gasteiger partial charge in [0.05, 0.1) is 12.8 Å². The standard InChI is InChI=1S/C16H29N3O/c1-4-17-11-16-14(8-10-20-16)12-18(3)13-15-7-6-9-19(15)5-2/h8,10,15,17H,4-7,9,11-13H2,1-3H3. The van der Waals surface area contributed by atoms with E-state index in [-0.39, 0.29) is 0 Å². The van der Waals surface area contributed by atoms with Crippen molar-refractivity contribution in [3.63, 3.8) is 0 Å². The molecule has 4 heteroatoms. The first-order valence-corrected chi connectivity index (χ1v) is 7.93. The smallest absolute Gasteiger partial charge is 0.122 e. The number of nitrogens with zero attached hydrogens (tertiary/aromatic N) is 2. The average Bonchev–Trinajstić information content (AvgIpc) is 3.05. The van der Waals surface area contributed by atoms with Gasteiger partial charge in [0.1, 0.15) is 5.76 Å². The van der Waals surface area contributed by atoms with Crippen LogP contribution in [0.15, 0.2) is 16.7 Å². The Balaban J connectivity index is 1.84. The van der Waals surface area contributed by atoms with Crippen molar-refractivity contribution in [2.45, 2.75) is 45.8 Å². The Morgan fingerprint density at radius 2 is 2.30 bits per heavy atom. The summed E-state index contributed by atoms with van der Waals surface area (Å²) in [7, 11) is 2.22. The van der Waals surface area contributed by atoms with Crippen LogP contribution >= 0.6 is 0 Å². The lowest BCUT2D eigenvalue weighted by atomic mass is 10.2. The van der Waals surface area contributed by atoms with E-state index in [2.05, 4.69) is 42.1 Å². The van der Waals surface area contributed by atoms with Crippen molar-refractivity contribution in [2.24, 2.45) is 0 Å². The largest absolute Gasteiger partial charge is 0.468 e. The number of nitrogens with one attached hydrogen (secondary N) is 1. The van der Waals surface area contributed by atoms with Gasteiger partial charge in [-0.1, -0.05) is 13.8 Å².